The molecule has 3 atom stereocenters. The van der Waals surface area contributed by atoms with Crippen LogP contribution in [0.3, 0.4) is 0 Å². The van der Waals surface area contributed by atoms with Gasteiger partial charge in [-0.3, -0.25) is 4.79 Å². The molecule has 0 amide bonds. The van der Waals surface area contributed by atoms with Crippen molar-refractivity contribution < 1.29 is 9.18 Å². The lowest BCUT2D eigenvalue weighted by molar-refractivity contribution is -0.123. The summed E-state index contributed by atoms with van der Waals surface area (Å²) in [6.07, 6.45) is 5.19. The van der Waals surface area contributed by atoms with Gasteiger partial charge in [0, 0.05) is 12.3 Å². The molecular formula is C15H16BrFO. The Kier molecular flexibility index (Phi) is 3.27. The van der Waals surface area contributed by atoms with Crippen molar-refractivity contribution >= 4 is 21.7 Å². The molecule has 1 aromatic rings. The smallest absolute Gasteiger partial charge is 0.140 e. The second kappa shape index (κ2) is 4.76. The van der Waals surface area contributed by atoms with E-state index in [4.69, 9.17) is 0 Å². The van der Waals surface area contributed by atoms with Gasteiger partial charge in [0.15, 0.2) is 0 Å². The van der Waals surface area contributed by atoms with E-state index in [0.717, 1.165) is 17.9 Å². The van der Waals surface area contributed by atoms with Gasteiger partial charge in [0.05, 0.1) is 4.47 Å². The fourth-order valence-electron chi connectivity index (χ4n) is 3.64. The van der Waals surface area contributed by atoms with Crippen LogP contribution in [0.2, 0.25) is 0 Å². The van der Waals surface area contributed by atoms with Gasteiger partial charge >= 0.3 is 0 Å². The molecular weight excluding hydrogens is 295 g/mol. The number of benzene rings is 1. The van der Waals surface area contributed by atoms with E-state index in [1.807, 2.05) is 6.07 Å². The van der Waals surface area contributed by atoms with Crippen LogP contribution in [0.25, 0.3) is 0 Å². The van der Waals surface area contributed by atoms with Gasteiger partial charge in [-0.15, -0.1) is 0 Å². The molecule has 2 bridgehead atoms. The van der Waals surface area contributed by atoms with Crippen LogP contribution in [0.4, 0.5) is 4.39 Å². The van der Waals surface area contributed by atoms with Crippen LogP contribution in [-0.2, 0) is 11.2 Å². The second-order valence-corrected chi connectivity index (χ2v) is 6.43. The Bertz CT molecular complexity index is 485. The lowest BCUT2D eigenvalue weighted by Gasteiger charge is -2.20. The van der Waals surface area contributed by atoms with Crippen molar-refractivity contribution in [1.82, 2.24) is 0 Å². The lowest BCUT2D eigenvalue weighted by Crippen LogP contribution is -2.22. The molecule has 18 heavy (non-hydrogen) atoms. The molecule has 1 aromatic carbocycles. The van der Waals surface area contributed by atoms with E-state index in [0.29, 0.717) is 22.6 Å². The predicted octanol–water partition coefficient (Wildman–Crippen LogP) is 4.14. The molecule has 0 N–H and O–H groups in total. The first kappa shape index (κ1) is 12.3. The molecule has 3 heteroatoms. The SMILES string of the molecule is O=C(Cc1cccc(F)c1Br)C1CC2CCC1C2. The molecule has 0 aliphatic heterocycles. The van der Waals surface area contributed by atoms with Crippen LogP contribution in [-0.4, -0.2) is 5.78 Å². The summed E-state index contributed by atoms with van der Waals surface area (Å²) in [5.74, 6) is 1.63. The number of ketones is 1. The molecule has 0 saturated heterocycles. The number of carbonyl (C=O) groups excluding carboxylic acids is 1. The minimum atomic E-state index is -0.284. The molecule has 0 aromatic heterocycles. The molecule has 2 fully saturated rings. The number of carbonyl (C=O) groups is 1. The maximum Gasteiger partial charge on any atom is 0.140 e. The Labute approximate surface area is 115 Å². The minimum Gasteiger partial charge on any atom is -0.299 e. The molecule has 2 aliphatic rings. The largest absolute Gasteiger partial charge is 0.299 e. The molecule has 3 unspecified atom stereocenters. The van der Waals surface area contributed by atoms with Gasteiger partial charge in [0.1, 0.15) is 11.6 Å². The van der Waals surface area contributed by atoms with E-state index in [-0.39, 0.29) is 11.7 Å². The van der Waals surface area contributed by atoms with Gasteiger partial charge in [-0.1, -0.05) is 18.6 Å². The number of rotatable bonds is 3. The molecule has 0 spiro atoms. The van der Waals surface area contributed by atoms with Gasteiger partial charge in [0.2, 0.25) is 0 Å². The first-order chi connectivity index (χ1) is 8.65. The van der Waals surface area contributed by atoms with Crippen molar-refractivity contribution in [2.75, 3.05) is 0 Å². The van der Waals surface area contributed by atoms with E-state index < -0.39 is 0 Å². The summed E-state index contributed by atoms with van der Waals surface area (Å²) >= 11 is 3.23. The van der Waals surface area contributed by atoms with Crippen LogP contribution in [0, 0.1) is 23.6 Å². The van der Waals surface area contributed by atoms with Crippen LogP contribution in [0.1, 0.15) is 31.2 Å². The average molecular weight is 311 g/mol. The summed E-state index contributed by atoms with van der Waals surface area (Å²) in [7, 11) is 0. The lowest BCUT2D eigenvalue weighted by atomic mass is 9.83. The van der Waals surface area contributed by atoms with Gasteiger partial charge in [-0.2, -0.15) is 0 Å². The Hall–Kier alpha value is -0.700. The number of hydrogen-bond donors (Lipinski definition) is 0. The van der Waals surface area contributed by atoms with Gasteiger partial charge in [-0.05, 0) is 58.7 Å². The average Bonchev–Trinajstić information content (AvgIpc) is 2.97. The minimum absolute atomic E-state index is 0.235. The van der Waals surface area contributed by atoms with Crippen molar-refractivity contribution in [1.29, 1.82) is 0 Å². The number of hydrogen-bond acceptors (Lipinski definition) is 1. The predicted molar refractivity (Wildman–Crippen MR) is 71.7 cm³/mol. The fourth-order valence-corrected chi connectivity index (χ4v) is 4.05. The van der Waals surface area contributed by atoms with Crippen LogP contribution < -0.4 is 0 Å². The summed E-state index contributed by atoms with van der Waals surface area (Å²) in [5, 5.41) is 0. The molecule has 1 nitrogen and oxygen atoms in total. The third kappa shape index (κ3) is 2.13. The zero-order valence-electron chi connectivity index (χ0n) is 10.2. The molecule has 0 radical (unpaired) electrons. The van der Waals surface area contributed by atoms with Crippen molar-refractivity contribution in [2.45, 2.75) is 32.1 Å². The maximum absolute atomic E-state index is 13.4. The first-order valence-corrected chi connectivity index (χ1v) is 7.40. The standard InChI is InChI=1S/C15H16BrFO/c16-15-11(2-1-3-13(15)17)8-14(18)12-7-9-4-5-10(12)6-9/h1-3,9-10,12H,4-8H2. The molecule has 96 valence electrons. The second-order valence-electron chi connectivity index (χ2n) is 5.64. The molecule has 2 saturated carbocycles. The summed E-state index contributed by atoms with van der Waals surface area (Å²) in [5.41, 5.74) is 0.780. The molecule has 2 aliphatic carbocycles. The van der Waals surface area contributed by atoms with Crippen molar-refractivity contribution in [3.05, 3.63) is 34.1 Å². The summed E-state index contributed by atoms with van der Waals surface area (Å²) < 4.78 is 13.8. The Morgan fingerprint density at radius 3 is 2.83 bits per heavy atom. The third-order valence-electron chi connectivity index (χ3n) is 4.55. The van der Waals surface area contributed by atoms with E-state index >= 15 is 0 Å². The number of halogens is 2. The first-order valence-electron chi connectivity index (χ1n) is 6.60. The third-order valence-corrected chi connectivity index (χ3v) is 5.44. The van der Waals surface area contributed by atoms with Crippen molar-refractivity contribution in [3.8, 4) is 0 Å². The normalized spacial score (nSPS) is 29.8. The van der Waals surface area contributed by atoms with E-state index in [1.165, 1.54) is 25.3 Å². The summed E-state index contributed by atoms with van der Waals surface area (Å²) in [6.45, 7) is 0. The molecule has 3 rings (SSSR count). The quantitative estimate of drug-likeness (QED) is 0.820. The Morgan fingerprint density at radius 1 is 1.33 bits per heavy atom. The molecule has 0 heterocycles. The van der Waals surface area contributed by atoms with Gasteiger partial charge in [0.25, 0.3) is 0 Å². The van der Waals surface area contributed by atoms with Crippen LogP contribution in [0.5, 0.6) is 0 Å². The van der Waals surface area contributed by atoms with Crippen molar-refractivity contribution in [2.24, 2.45) is 17.8 Å². The van der Waals surface area contributed by atoms with E-state index in [1.54, 1.807) is 6.07 Å². The van der Waals surface area contributed by atoms with Crippen molar-refractivity contribution in [3.63, 3.8) is 0 Å². The highest BCUT2D eigenvalue weighted by Gasteiger charge is 2.42. The topological polar surface area (TPSA) is 17.1 Å². The van der Waals surface area contributed by atoms with Crippen LogP contribution in [0.15, 0.2) is 22.7 Å². The van der Waals surface area contributed by atoms with Crippen LogP contribution >= 0.6 is 15.9 Å². The summed E-state index contributed by atoms with van der Waals surface area (Å²) in [4.78, 5) is 12.3. The highest BCUT2D eigenvalue weighted by Crippen LogP contribution is 2.48. The summed E-state index contributed by atoms with van der Waals surface area (Å²) in [6, 6.07) is 4.91. The van der Waals surface area contributed by atoms with Gasteiger partial charge in [-0.25, -0.2) is 4.39 Å². The maximum atomic E-state index is 13.4. The Morgan fingerprint density at radius 2 is 2.17 bits per heavy atom. The van der Waals surface area contributed by atoms with Gasteiger partial charge < -0.3 is 0 Å². The van der Waals surface area contributed by atoms with E-state index in [9.17, 15) is 9.18 Å². The fraction of sp³-hybridized carbons (Fsp3) is 0.533. The monoisotopic (exact) mass is 310 g/mol. The number of fused-ring (bicyclic) bond motifs is 2. The zero-order valence-corrected chi connectivity index (χ0v) is 11.7. The number of Topliss-reactive ketones (excluding diaryl/α,β-unsaturated/α-hetero) is 1. The zero-order chi connectivity index (χ0) is 12.7. The van der Waals surface area contributed by atoms with E-state index in [2.05, 4.69) is 15.9 Å². The highest BCUT2D eigenvalue weighted by molar-refractivity contribution is 9.10. The Balaban J connectivity index is 1.73. The highest BCUT2D eigenvalue weighted by atomic mass is 79.9.